The van der Waals surface area contributed by atoms with Gasteiger partial charge >= 0.3 is 0 Å². The lowest BCUT2D eigenvalue weighted by Gasteiger charge is -2.30. The zero-order valence-corrected chi connectivity index (χ0v) is 14.6. The van der Waals surface area contributed by atoms with Crippen LogP contribution in [0.5, 0.6) is 11.5 Å². The van der Waals surface area contributed by atoms with Crippen molar-refractivity contribution in [2.75, 3.05) is 39.4 Å². The van der Waals surface area contributed by atoms with Crippen molar-refractivity contribution in [2.24, 2.45) is 0 Å². The number of carbonyl (C=O) groups excluding carboxylic acids is 1. The van der Waals surface area contributed by atoms with Gasteiger partial charge in [0.15, 0.2) is 17.2 Å². The van der Waals surface area contributed by atoms with Crippen LogP contribution in [0.15, 0.2) is 24.3 Å². The Bertz CT molecular complexity index is 826. The van der Waals surface area contributed by atoms with Crippen LogP contribution in [0.4, 0.5) is 0 Å². The molecule has 0 unspecified atom stereocenters. The molecule has 1 amide bonds. The van der Waals surface area contributed by atoms with E-state index in [2.05, 4.69) is 15.1 Å². The minimum Gasteiger partial charge on any atom is -0.486 e. The van der Waals surface area contributed by atoms with Gasteiger partial charge in [0.1, 0.15) is 13.2 Å². The van der Waals surface area contributed by atoms with E-state index < -0.39 is 0 Å². The summed E-state index contributed by atoms with van der Waals surface area (Å²) in [4.78, 5) is 17.4. The van der Waals surface area contributed by atoms with Gasteiger partial charge in [0.25, 0.3) is 5.91 Å². The van der Waals surface area contributed by atoms with Crippen LogP contribution in [0.2, 0.25) is 0 Å². The van der Waals surface area contributed by atoms with Crippen LogP contribution in [0.25, 0.3) is 11.3 Å². The fourth-order valence-electron chi connectivity index (χ4n) is 4.09. The molecule has 26 heavy (non-hydrogen) atoms. The number of ether oxygens (including phenoxy) is 2. The monoisotopic (exact) mass is 354 g/mol. The van der Waals surface area contributed by atoms with E-state index in [1.54, 1.807) is 0 Å². The van der Waals surface area contributed by atoms with Gasteiger partial charge in [-0.2, -0.15) is 5.10 Å². The Morgan fingerprint density at radius 2 is 1.85 bits per heavy atom. The van der Waals surface area contributed by atoms with E-state index in [0.29, 0.717) is 24.9 Å². The second-order valence-corrected chi connectivity index (χ2v) is 7.10. The van der Waals surface area contributed by atoms with Crippen LogP contribution in [-0.4, -0.2) is 71.3 Å². The lowest BCUT2D eigenvalue weighted by molar-refractivity contribution is 0.0679. The SMILES string of the molecule is O=C(c1cc(-c2ccc3c(c2)OCCO3)[nH]n1)N1CCN2CCC1CC2. The molecule has 7 nitrogen and oxygen atoms in total. The molecule has 2 aromatic rings. The topological polar surface area (TPSA) is 70.7 Å². The van der Waals surface area contributed by atoms with Crippen LogP contribution in [0.3, 0.4) is 0 Å². The Morgan fingerprint density at radius 3 is 2.69 bits per heavy atom. The number of piperidine rings is 1. The van der Waals surface area contributed by atoms with E-state index in [9.17, 15) is 4.79 Å². The van der Waals surface area contributed by atoms with E-state index in [0.717, 1.165) is 61.8 Å². The van der Waals surface area contributed by atoms with E-state index in [1.807, 2.05) is 29.2 Å². The summed E-state index contributed by atoms with van der Waals surface area (Å²) in [6.45, 7) is 5.06. The normalized spacial score (nSPS) is 24.4. The minimum absolute atomic E-state index is 0.0267. The number of hydrogen-bond acceptors (Lipinski definition) is 5. The molecule has 4 aliphatic heterocycles. The summed E-state index contributed by atoms with van der Waals surface area (Å²) in [7, 11) is 0. The maximum atomic E-state index is 13.0. The molecule has 0 spiro atoms. The average molecular weight is 354 g/mol. The second-order valence-electron chi connectivity index (χ2n) is 7.10. The van der Waals surface area contributed by atoms with E-state index in [4.69, 9.17) is 9.47 Å². The van der Waals surface area contributed by atoms with Gasteiger partial charge in [0.05, 0.1) is 5.69 Å². The average Bonchev–Trinajstić information content (AvgIpc) is 3.00. The fourth-order valence-corrected chi connectivity index (χ4v) is 4.09. The first-order chi connectivity index (χ1) is 12.8. The van der Waals surface area contributed by atoms with Gasteiger partial charge in [-0.1, -0.05) is 0 Å². The molecule has 3 fully saturated rings. The molecule has 136 valence electrons. The van der Waals surface area contributed by atoms with Crippen molar-refractivity contribution in [3.8, 4) is 22.8 Å². The summed E-state index contributed by atoms with van der Waals surface area (Å²) in [5.74, 6) is 1.51. The largest absolute Gasteiger partial charge is 0.486 e. The molecule has 7 heteroatoms. The summed E-state index contributed by atoms with van der Waals surface area (Å²) in [6, 6.07) is 7.96. The third-order valence-electron chi connectivity index (χ3n) is 5.57. The van der Waals surface area contributed by atoms with Crippen LogP contribution < -0.4 is 9.47 Å². The number of fused-ring (bicyclic) bond motifs is 5. The summed E-state index contributed by atoms with van der Waals surface area (Å²) < 4.78 is 11.2. The molecule has 1 aromatic heterocycles. The maximum Gasteiger partial charge on any atom is 0.274 e. The number of aromatic amines is 1. The van der Waals surface area contributed by atoms with E-state index in [1.165, 1.54) is 0 Å². The summed E-state index contributed by atoms with van der Waals surface area (Å²) in [5.41, 5.74) is 2.23. The number of hydrogen-bond donors (Lipinski definition) is 1. The zero-order valence-electron chi connectivity index (χ0n) is 14.6. The smallest absolute Gasteiger partial charge is 0.274 e. The molecule has 5 heterocycles. The highest BCUT2D eigenvalue weighted by molar-refractivity contribution is 5.93. The first-order valence-electron chi connectivity index (χ1n) is 9.27. The third-order valence-corrected chi connectivity index (χ3v) is 5.57. The predicted molar refractivity (Wildman–Crippen MR) is 95.5 cm³/mol. The first-order valence-corrected chi connectivity index (χ1v) is 9.27. The van der Waals surface area contributed by atoms with Crippen LogP contribution >= 0.6 is 0 Å². The highest BCUT2D eigenvalue weighted by Gasteiger charge is 2.33. The van der Waals surface area contributed by atoms with Gasteiger partial charge in [0, 0.05) is 37.8 Å². The first kappa shape index (κ1) is 15.7. The lowest BCUT2D eigenvalue weighted by Crippen LogP contribution is -2.41. The molecule has 6 rings (SSSR count). The Balaban J connectivity index is 1.39. The Kier molecular flexibility index (Phi) is 3.81. The van der Waals surface area contributed by atoms with Crippen molar-refractivity contribution in [3.05, 3.63) is 30.0 Å². The molecule has 4 aliphatic rings. The van der Waals surface area contributed by atoms with Gasteiger partial charge in [0.2, 0.25) is 0 Å². The van der Waals surface area contributed by atoms with E-state index in [-0.39, 0.29) is 5.91 Å². The molecule has 0 saturated carbocycles. The molecule has 0 radical (unpaired) electrons. The van der Waals surface area contributed by atoms with Gasteiger partial charge in [-0.15, -0.1) is 0 Å². The van der Waals surface area contributed by atoms with Crippen LogP contribution in [0.1, 0.15) is 23.3 Å². The van der Waals surface area contributed by atoms with Crippen molar-refractivity contribution in [1.29, 1.82) is 0 Å². The number of H-pyrrole nitrogens is 1. The maximum absolute atomic E-state index is 13.0. The highest BCUT2D eigenvalue weighted by Crippen LogP contribution is 2.34. The number of benzene rings is 1. The molecular formula is C19H22N4O3. The number of nitrogens with zero attached hydrogens (tertiary/aromatic N) is 3. The number of aromatic nitrogens is 2. The number of nitrogens with one attached hydrogen (secondary N) is 1. The van der Waals surface area contributed by atoms with Crippen molar-refractivity contribution >= 4 is 5.91 Å². The highest BCUT2D eigenvalue weighted by atomic mass is 16.6. The summed E-state index contributed by atoms with van der Waals surface area (Å²) in [5, 5.41) is 7.29. The van der Waals surface area contributed by atoms with Crippen molar-refractivity contribution in [1.82, 2.24) is 20.0 Å². The quantitative estimate of drug-likeness (QED) is 0.890. The molecule has 0 atom stereocenters. The Morgan fingerprint density at radius 1 is 1.04 bits per heavy atom. The number of rotatable bonds is 2. The van der Waals surface area contributed by atoms with Crippen molar-refractivity contribution in [3.63, 3.8) is 0 Å². The minimum atomic E-state index is 0.0267. The van der Waals surface area contributed by atoms with Crippen LogP contribution in [-0.2, 0) is 0 Å². The molecule has 2 bridgehead atoms. The van der Waals surface area contributed by atoms with Gasteiger partial charge in [-0.25, -0.2) is 0 Å². The van der Waals surface area contributed by atoms with Crippen molar-refractivity contribution in [2.45, 2.75) is 18.9 Å². The zero-order chi connectivity index (χ0) is 17.5. The van der Waals surface area contributed by atoms with Gasteiger partial charge < -0.3 is 19.3 Å². The third kappa shape index (κ3) is 2.72. The Labute approximate surface area is 151 Å². The predicted octanol–water partition coefficient (Wildman–Crippen LogP) is 1.77. The fraction of sp³-hybridized carbons (Fsp3) is 0.474. The summed E-state index contributed by atoms with van der Waals surface area (Å²) >= 11 is 0. The van der Waals surface area contributed by atoms with E-state index >= 15 is 0 Å². The van der Waals surface area contributed by atoms with Crippen molar-refractivity contribution < 1.29 is 14.3 Å². The number of amides is 1. The number of carbonyl (C=O) groups is 1. The molecular weight excluding hydrogens is 332 g/mol. The van der Waals surface area contributed by atoms with Gasteiger partial charge in [-0.05, 0) is 37.1 Å². The molecule has 3 saturated heterocycles. The molecule has 0 aliphatic carbocycles. The molecule has 1 aromatic carbocycles. The summed E-state index contributed by atoms with van der Waals surface area (Å²) in [6.07, 6.45) is 2.12. The second kappa shape index (κ2) is 6.32. The van der Waals surface area contributed by atoms with Crippen LogP contribution in [0, 0.1) is 0 Å². The lowest BCUT2D eigenvalue weighted by atomic mass is 10.0. The Hall–Kier alpha value is -2.54. The standard InChI is InChI=1S/C19H22N4O3/c24-19(23-8-7-22-5-3-14(23)4-6-22)16-12-15(20-21-16)13-1-2-17-18(11-13)26-10-9-25-17/h1-2,11-12,14H,3-10H2,(H,20,21). The van der Waals surface area contributed by atoms with Gasteiger partial charge in [-0.3, -0.25) is 9.89 Å². The molecule has 1 N–H and O–H groups in total.